The zero-order valence-corrected chi connectivity index (χ0v) is 16.3. The molecule has 1 saturated carbocycles. The van der Waals surface area contributed by atoms with E-state index in [0.717, 1.165) is 30.0 Å². The number of halogens is 6. The van der Waals surface area contributed by atoms with Gasteiger partial charge in [0.05, 0.1) is 5.92 Å². The molecular weight excluding hydrogens is 448 g/mol. The molecule has 0 spiro atoms. The molecule has 0 bridgehead atoms. The lowest BCUT2D eigenvalue weighted by Crippen LogP contribution is -2.42. The van der Waals surface area contributed by atoms with Gasteiger partial charge in [-0.15, -0.1) is 18.2 Å². The smallest absolute Gasteiger partial charge is 0.406 e. The minimum Gasteiger partial charge on any atom is -0.406 e. The second kappa shape index (κ2) is 8.26. The molecule has 1 aromatic carbocycles. The van der Waals surface area contributed by atoms with Crippen LogP contribution in [0.25, 0.3) is 0 Å². The van der Waals surface area contributed by atoms with Crippen LogP contribution in [0, 0.1) is 0 Å². The van der Waals surface area contributed by atoms with Crippen LogP contribution in [0.15, 0.2) is 28.8 Å². The zero-order chi connectivity index (χ0) is 23.1. The number of alkyl halides is 6. The number of piperidine rings is 1. The molecule has 32 heavy (non-hydrogen) atoms. The predicted molar refractivity (Wildman–Crippen MR) is 93.2 cm³/mol. The average Bonchev–Trinajstić information content (AvgIpc) is 3.43. The number of carbonyl (C=O) groups is 1. The summed E-state index contributed by atoms with van der Waals surface area (Å²) in [6.45, 7) is -0.193. The van der Waals surface area contributed by atoms with Gasteiger partial charge in [0.1, 0.15) is 5.75 Å². The highest BCUT2D eigenvalue weighted by Gasteiger charge is 2.44. The van der Waals surface area contributed by atoms with Crippen molar-refractivity contribution >= 4 is 5.97 Å². The van der Waals surface area contributed by atoms with Crippen LogP contribution in [-0.2, 0) is 9.63 Å². The summed E-state index contributed by atoms with van der Waals surface area (Å²) in [5.41, 5.74) is 0.527. The first-order valence-corrected chi connectivity index (χ1v) is 9.71. The average molecular weight is 465 g/mol. The molecule has 1 aromatic heterocycles. The van der Waals surface area contributed by atoms with Gasteiger partial charge in [0, 0.05) is 24.9 Å². The van der Waals surface area contributed by atoms with Gasteiger partial charge in [0.15, 0.2) is 5.82 Å². The van der Waals surface area contributed by atoms with Crippen LogP contribution >= 0.6 is 0 Å². The number of hydroxylamine groups is 2. The van der Waals surface area contributed by atoms with E-state index in [1.165, 1.54) is 12.1 Å². The predicted octanol–water partition coefficient (Wildman–Crippen LogP) is 4.44. The first-order valence-electron chi connectivity index (χ1n) is 9.71. The molecule has 0 amide bonds. The molecule has 2 atom stereocenters. The van der Waals surface area contributed by atoms with E-state index in [4.69, 9.17) is 4.52 Å². The first-order chi connectivity index (χ1) is 15.0. The Hall–Kier alpha value is -2.83. The maximum atomic E-state index is 12.7. The monoisotopic (exact) mass is 465 g/mol. The van der Waals surface area contributed by atoms with E-state index in [0.29, 0.717) is 17.8 Å². The summed E-state index contributed by atoms with van der Waals surface area (Å²) in [5, 5.41) is 4.78. The van der Waals surface area contributed by atoms with E-state index in [1.54, 1.807) is 0 Å². The molecule has 2 aromatic rings. The van der Waals surface area contributed by atoms with Crippen molar-refractivity contribution in [1.82, 2.24) is 15.2 Å². The third kappa shape index (κ3) is 5.50. The van der Waals surface area contributed by atoms with Crippen LogP contribution in [0.5, 0.6) is 5.75 Å². The molecule has 2 aliphatic rings. The van der Waals surface area contributed by atoms with E-state index in [9.17, 15) is 31.1 Å². The second-order valence-electron chi connectivity index (χ2n) is 7.73. The molecular formula is C19H17F6N3O4. The van der Waals surface area contributed by atoms with E-state index >= 15 is 0 Å². The molecule has 1 aliphatic heterocycles. The maximum Gasteiger partial charge on any atom is 0.573 e. The normalized spacial score (nSPS) is 22.6. The molecule has 174 valence electrons. The number of carbonyl (C=O) groups excluding carboxylic acids is 1. The summed E-state index contributed by atoms with van der Waals surface area (Å²) in [5.74, 6) is -2.88. The Kier molecular flexibility index (Phi) is 5.77. The molecule has 4 rings (SSSR count). The molecule has 0 radical (unpaired) electrons. The van der Waals surface area contributed by atoms with Crippen LogP contribution in [0.2, 0.25) is 0 Å². The number of nitrogens with zero attached hydrogens (tertiary/aromatic N) is 3. The third-order valence-electron chi connectivity index (χ3n) is 5.19. The van der Waals surface area contributed by atoms with Crippen LogP contribution in [0.1, 0.15) is 54.3 Å². The highest BCUT2D eigenvalue weighted by atomic mass is 19.4. The number of aromatic nitrogens is 2. The summed E-state index contributed by atoms with van der Waals surface area (Å²) >= 11 is 0. The number of benzene rings is 1. The van der Waals surface area contributed by atoms with Crippen molar-refractivity contribution in [2.45, 2.75) is 49.6 Å². The van der Waals surface area contributed by atoms with Gasteiger partial charge in [-0.05, 0) is 37.0 Å². The standard InChI is InChI=1S/C19H17F6N3O4/c20-18(21,22)17(29)32-28-8-12(10-3-5-14(6-4-10)30-19(23,24)25)7-13(9-28)16-26-15(27-31-16)11-1-2-11/h3-6,11-13H,1-2,7-9H2. The van der Waals surface area contributed by atoms with Crippen LogP contribution in [0.3, 0.4) is 0 Å². The number of hydrogen-bond donors (Lipinski definition) is 0. The van der Waals surface area contributed by atoms with Crippen molar-refractivity contribution in [2.24, 2.45) is 0 Å². The first kappa shape index (κ1) is 22.4. The van der Waals surface area contributed by atoms with E-state index in [-0.39, 0.29) is 24.9 Å². The Bertz CT molecular complexity index is 955. The maximum absolute atomic E-state index is 12.7. The largest absolute Gasteiger partial charge is 0.573 e. The van der Waals surface area contributed by atoms with E-state index < -0.39 is 36.1 Å². The lowest BCUT2D eigenvalue weighted by molar-refractivity contribution is -0.274. The summed E-state index contributed by atoms with van der Waals surface area (Å²) < 4.78 is 84.3. The van der Waals surface area contributed by atoms with E-state index in [2.05, 4.69) is 19.7 Å². The summed E-state index contributed by atoms with van der Waals surface area (Å²) in [7, 11) is 0. The van der Waals surface area contributed by atoms with Crippen molar-refractivity contribution in [3.05, 3.63) is 41.5 Å². The fourth-order valence-corrected chi connectivity index (χ4v) is 3.58. The molecule has 0 N–H and O–H groups in total. The Balaban J connectivity index is 1.53. The van der Waals surface area contributed by atoms with Crippen LogP contribution in [0.4, 0.5) is 26.3 Å². The molecule has 2 heterocycles. The van der Waals surface area contributed by atoms with Gasteiger partial charge in [-0.25, -0.2) is 4.79 Å². The number of ether oxygens (including phenoxy) is 1. The van der Waals surface area contributed by atoms with Crippen molar-refractivity contribution < 1.29 is 45.2 Å². The van der Waals surface area contributed by atoms with Gasteiger partial charge in [-0.1, -0.05) is 17.3 Å². The highest BCUT2D eigenvalue weighted by Crippen LogP contribution is 2.41. The Morgan fingerprint density at radius 1 is 1.00 bits per heavy atom. The fraction of sp³-hybridized carbons (Fsp3) is 0.526. The summed E-state index contributed by atoms with van der Waals surface area (Å²) in [6, 6.07) is 4.97. The molecule has 1 saturated heterocycles. The molecule has 2 unspecified atom stereocenters. The van der Waals surface area contributed by atoms with E-state index in [1.807, 2.05) is 0 Å². The molecule has 1 aliphatic carbocycles. The zero-order valence-electron chi connectivity index (χ0n) is 16.3. The Labute approximate surface area is 177 Å². The second-order valence-corrected chi connectivity index (χ2v) is 7.73. The minimum absolute atomic E-state index is 0.0958. The van der Waals surface area contributed by atoms with Gasteiger partial charge in [-0.3, -0.25) is 0 Å². The summed E-state index contributed by atoms with van der Waals surface area (Å²) in [6.07, 6.45) is -7.83. The van der Waals surface area contributed by atoms with Crippen molar-refractivity contribution in [3.63, 3.8) is 0 Å². The molecule has 13 heteroatoms. The van der Waals surface area contributed by atoms with Crippen molar-refractivity contribution in [2.75, 3.05) is 13.1 Å². The van der Waals surface area contributed by atoms with Gasteiger partial charge in [-0.2, -0.15) is 18.2 Å². The topological polar surface area (TPSA) is 77.7 Å². The van der Waals surface area contributed by atoms with Gasteiger partial charge in [0.25, 0.3) is 0 Å². The van der Waals surface area contributed by atoms with Gasteiger partial charge in [0.2, 0.25) is 5.89 Å². The quantitative estimate of drug-likeness (QED) is 0.605. The van der Waals surface area contributed by atoms with Crippen LogP contribution in [-0.4, -0.2) is 46.8 Å². The lowest BCUT2D eigenvalue weighted by Gasteiger charge is -2.35. The molecule has 2 fully saturated rings. The Morgan fingerprint density at radius 3 is 2.25 bits per heavy atom. The Morgan fingerprint density at radius 2 is 1.66 bits per heavy atom. The van der Waals surface area contributed by atoms with Crippen LogP contribution < -0.4 is 4.74 Å². The molecule has 7 nitrogen and oxygen atoms in total. The minimum atomic E-state index is -5.18. The van der Waals surface area contributed by atoms with Crippen molar-refractivity contribution in [1.29, 1.82) is 0 Å². The number of rotatable bonds is 5. The highest BCUT2D eigenvalue weighted by molar-refractivity contribution is 5.75. The van der Waals surface area contributed by atoms with Gasteiger partial charge >= 0.3 is 18.5 Å². The van der Waals surface area contributed by atoms with Crippen molar-refractivity contribution in [3.8, 4) is 5.75 Å². The SMILES string of the molecule is O=C(ON1CC(c2ccc(OC(F)(F)F)cc2)CC(c2nc(C3CC3)no2)C1)C(F)(F)F. The lowest BCUT2D eigenvalue weighted by atomic mass is 9.85. The fourth-order valence-electron chi connectivity index (χ4n) is 3.58. The third-order valence-corrected chi connectivity index (χ3v) is 5.19. The number of hydrogen-bond acceptors (Lipinski definition) is 7. The summed E-state index contributed by atoms with van der Waals surface area (Å²) in [4.78, 5) is 20.2. The van der Waals surface area contributed by atoms with Gasteiger partial charge < -0.3 is 14.1 Å².